The molecule has 1 spiro atoms. The molecular formula is C8H13NO3. The molecule has 2 N–H and O–H groups in total. The molecule has 1 atom stereocenters. The van der Waals surface area contributed by atoms with E-state index in [-0.39, 0.29) is 5.60 Å². The zero-order chi connectivity index (χ0) is 8.82. The highest BCUT2D eigenvalue weighted by Crippen LogP contribution is 2.40. The van der Waals surface area contributed by atoms with Crippen molar-refractivity contribution < 1.29 is 14.6 Å². The van der Waals surface area contributed by atoms with Crippen molar-refractivity contribution in [3.05, 3.63) is 0 Å². The van der Waals surface area contributed by atoms with E-state index in [9.17, 15) is 4.79 Å². The Morgan fingerprint density at radius 1 is 1.50 bits per heavy atom. The average molecular weight is 171 g/mol. The zero-order valence-electron chi connectivity index (χ0n) is 7.09. The number of hydrogen-bond donors (Lipinski definition) is 2. The SMILES string of the molecule is CC1(C(=O)O)CCC2(CNC2)O1. The number of rotatable bonds is 1. The fourth-order valence-corrected chi connectivity index (χ4v) is 1.85. The molecule has 2 aliphatic heterocycles. The molecule has 4 heteroatoms. The first-order chi connectivity index (χ1) is 5.56. The van der Waals surface area contributed by atoms with Crippen LogP contribution in [0.2, 0.25) is 0 Å². The Hall–Kier alpha value is -0.610. The van der Waals surface area contributed by atoms with Crippen LogP contribution in [0.15, 0.2) is 0 Å². The van der Waals surface area contributed by atoms with Crippen LogP contribution in [0.3, 0.4) is 0 Å². The van der Waals surface area contributed by atoms with Crippen LogP contribution in [0.4, 0.5) is 0 Å². The van der Waals surface area contributed by atoms with Crippen LogP contribution in [-0.2, 0) is 9.53 Å². The predicted octanol–water partition coefficient (Wildman–Crippen LogP) is -0.0179. The van der Waals surface area contributed by atoms with Crippen LogP contribution in [0.1, 0.15) is 19.8 Å². The van der Waals surface area contributed by atoms with Gasteiger partial charge in [0.25, 0.3) is 0 Å². The molecule has 0 aromatic rings. The van der Waals surface area contributed by atoms with Gasteiger partial charge in [-0.05, 0) is 19.8 Å². The van der Waals surface area contributed by atoms with Gasteiger partial charge in [0.1, 0.15) is 0 Å². The molecule has 12 heavy (non-hydrogen) atoms. The largest absolute Gasteiger partial charge is 0.479 e. The molecule has 0 bridgehead atoms. The summed E-state index contributed by atoms with van der Waals surface area (Å²) in [6.45, 7) is 3.26. The maximum absolute atomic E-state index is 10.8. The van der Waals surface area contributed by atoms with Crippen LogP contribution < -0.4 is 5.32 Å². The Kier molecular flexibility index (Phi) is 1.47. The first kappa shape index (κ1) is 8.01. The van der Waals surface area contributed by atoms with Crippen molar-refractivity contribution >= 4 is 5.97 Å². The molecule has 0 aromatic carbocycles. The summed E-state index contributed by atoms with van der Waals surface area (Å²) in [6, 6.07) is 0. The molecule has 2 heterocycles. The van der Waals surface area contributed by atoms with E-state index in [1.54, 1.807) is 6.92 Å². The minimum atomic E-state index is -0.942. The third kappa shape index (κ3) is 0.949. The van der Waals surface area contributed by atoms with E-state index in [1.807, 2.05) is 0 Å². The van der Waals surface area contributed by atoms with Gasteiger partial charge in [-0.2, -0.15) is 0 Å². The Labute approximate surface area is 70.9 Å². The lowest BCUT2D eigenvalue weighted by molar-refractivity contribution is -0.175. The summed E-state index contributed by atoms with van der Waals surface area (Å²) in [5.41, 5.74) is -1.10. The zero-order valence-corrected chi connectivity index (χ0v) is 7.09. The Morgan fingerprint density at radius 3 is 2.42 bits per heavy atom. The summed E-state index contributed by atoms with van der Waals surface area (Å²) < 4.78 is 5.57. The van der Waals surface area contributed by atoms with Gasteiger partial charge in [0.05, 0.1) is 5.60 Å². The van der Waals surface area contributed by atoms with Crippen molar-refractivity contribution in [1.29, 1.82) is 0 Å². The lowest BCUT2D eigenvalue weighted by Crippen LogP contribution is -2.60. The van der Waals surface area contributed by atoms with Crippen LogP contribution in [0, 0.1) is 0 Å². The van der Waals surface area contributed by atoms with Gasteiger partial charge >= 0.3 is 5.97 Å². The minimum absolute atomic E-state index is 0.160. The van der Waals surface area contributed by atoms with E-state index in [2.05, 4.69) is 5.32 Å². The second-order valence-corrected chi connectivity index (χ2v) is 3.92. The number of aliphatic carboxylic acids is 1. The smallest absolute Gasteiger partial charge is 0.335 e. The molecule has 0 amide bonds. The van der Waals surface area contributed by atoms with Gasteiger partial charge in [0.2, 0.25) is 0 Å². The number of hydrogen-bond acceptors (Lipinski definition) is 3. The molecule has 2 rings (SSSR count). The molecule has 68 valence electrons. The Balaban J connectivity index is 2.10. The highest BCUT2D eigenvalue weighted by atomic mass is 16.6. The Morgan fingerprint density at radius 2 is 2.17 bits per heavy atom. The molecule has 0 aliphatic carbocycles. The highest BCUT2D eigenvalue weighted by Gasteiger charge is 2.53. The lowest BCUT2D eigenvalue weighted by Gasteiger charge is -2.39. The second kappa shape index (κ2) is 2.20. The van der Waals surface area contributed by atoms with Crippen LogP contribution >= 0.6 is 0 Å². The molecule has 0 saturated carbocycles. The third-order valence-corrected chi connectivity index (χ3v) is 2.85. The van der Waals surface area contributed by atoms with Crippen molar-refractivity contribution in [3.63, 3.8) is 0 Å². The molecule has 0 aromatic heterocycles. The summed E-state index contributed by atoms with van der Waals surface area (Å²) >= 11 is 0. The van der Waals surface area contributed by atoms with Crippen molar-refractivity contribution in [2.75, 3.05) is 13.1 Å². The summed E-state index contributed by atoms with van der Waals surface area (Å²) in [5.74, 6) is -0.841. The van der Waals surface area contributed by atoms with Gasteiger partial charge in [0.15, 0.2) is 5.60 Å². The van der Waals surface area contributed by atoms with E-state index in [0.29, 0.717) is 6.42 Å². The van der Waals surface area contributed by atoms with Gasteiger partial charge in [-0.3, -0.25) is 0 Å². The minimum Gasteiger partial charge on any atom is -0.479 e. The standard InChI is InChI=1S/C8H13NO3/c1-7(6(10)11)2-3-8(12-7)4-9-5-8/h9H,2-5H2,1H3,(H,10,11). The van der Waals surface area contributed by atoms with Crippen molar-refractivity contribution in [3.8, 4) is 0 Å². The van der Waals surface area contributed by atoms with E-state index < -0.39 is 11.6 Å². The number of carboxylic acid groups (broad SMARTS) is 1. The molecule has 1 unspecified atom stereocenters. The number of carboxylic acids is 1. The van der Waals surface area contributed by atoms with E-state index in [0.717, 1.165) is 19.5 Å². The maximum Gasteiger partial charge on any atom is 0.335 e. The van der Waals surface area contributed by atoms with E-state index >= 15 is 0 Å². The summed E-state index contributed by atoms with van der Waals surface area (Å²) in [6.07, 6.45) is 1.49. The van der Waals surface area contributed by atoms with E-state index in [4.69, 9.17) is 9.84 Å². The van der Waals surface area contributed by atoms with Crippen molar-refractivity contribution in [1.82, 2.24) is 5.32 Å². The molecular weight excluding hydrogens is 158 g/mol. The van der Waals surface area contributed by atoms with Crippen LogP contribution in [0.5, 0.6) is 0 Å². The van der Waals surface area contributed by atoms with E-state index in [1.165, 1.54) is 0 Å². The number of ether oxygens (including phenoxy) is 1. The fourth-order valence-electron chi connectivity index (χ4n) is 1.85. The van der Waals surface area contributed by atoms with Crippen LogP contribution in [-0.4, -0.2) is 35.4 Å². The topological polar surface area (TPSA) is 58.6 Å². The summed E-state index contributed by atoms with van der Waals surface area (Å²) in [4.78, 5) is 10.8. The van der Waals surface area contributed by atoms with Gasteiger partial charge in [0, 0.05) is 13.1 Å². The third-order valence-electron chi connectivity index (χ3n) is 2.85. The normalized spacial score (nSPS) is 38.1. The molecule has 2 fully saturated rings. The fraction of sp³-hybridized carbons (Fsp3) is 0.875. The molecule has 2 saturated heterocycles. The van der Waals surface area contributed by atoms with Gasteiger partial charge < -0.3 is 15.2 Å². The quantitative estimate of drug-likeness (QED) is 0.582. The van der Waals surface area contributed by atoms with Crippen molar-refractivity contribution in [2.24, 2.45) is 0 Å². The average Bonchev–Trinajstić information content (AvgIpc) is 2.28. The molecule has 4 nitrogen and oxygen atoms in total. The van der Waals surface area contributed by atoms with Crippen molar-refractivity contribution in [2.45, 2.75) is 31.0 Å². The second-order valence-electron chi connectivity index (χ2n) is 3.92. The molecule has 2 aliphatic rings. The summed E-state index contributed by atoms with van der Waals surface area (Å²) in [5, 5.41) is 12.0. The van der Waals surface area contributed by atoms with Gasteiger partial charge in [-0.1, -0.05) is 0 Å². The van der Waals surface area contributed by atoms with Gasteiger partial charge in [-0.25, -0.2) is 4.79 Å². The first-order valence-corrected chi connectivity index (χ1v) is 4.21. The summed E-state index contributed by atoms with van der Waals surface area (Å²) in [7, 11) is 0. The molecule has 0 radical (unpaired) electrons. The van der Waals surface area contributed by atoms with Gasteiger partial charge in [-0.15, -0.1) is 0 Å². The van der Waals surface area contributed by atoms with Crippen LogP contribution in [0.25, 0.3) is 0 Å². The highest BCUT2D eigenvalue weighted by molar-refractivity contribution is 5.77. The maximum atomic E-state index is 10.8. The number of carbonyl (C=O) groups is 1. The number of nitrogens with one attached hydrogen (secondary N) is 1. The lowest BCUT2D eigenvalue weighted by atomic mass is 9.92. The predicted molar refractivity (Wildman–Crippen MR) is 42.0 cm³/mol. The Bertz CT molecular complexity index is 224. The monoisotopic (exact) mass is 171 g/mol. The first-order valence-electron chi connectivity index (χ1n) is 4.21.